The molecule has 1 aromatic rings. The number of hydrogen-bond acceptors (Lipinski definition) is 5. The van der Waals surface area contributed by atoms with Gasteiger partial charge in [-0.15, -0.1) is 0 Å². The maximum atomic E-state index is 12.0. The first-order chi connectivity index (χ1) is 21.2. The summed E-state index contributed by atoms with van der Waals surface area (Å²) in [5.41, 5.74) is 2.64. The van der Waals surface area contributed by atoms with Gasteiger partial charge >= 0.3 is 11.9 Å². The van der Waals surface area contributed by atoms with E-state index in [0.717, 1.165) is 70.9 Å². The fourth-order valence-electron chi connectivity index (χ4n) is 4.95. The van der Waals surface area contributed by atoms with E-state index in [2.05, 4.69) is 55.6 Å². The van der Waals surface area contributed by atoms with Crippen molar-refractivity contribution in [2.75, 3.05) is 19.8 Å². The Bertz CT molecular complexity index is 863. The van der Waals surface area contributed by atoms with Crippen LogP contribution < -0.4 is 5.32 Å². The second kappa shape index (κ2) is 29.7. The van der Waals surface area contributed by atoms with Gasteiger partial charge in [0.1, 0.15) is 13.2 Å². The zero-order valence-corrected chi connectivity index (χ0v) is 27.7. The van der Waals surface area contributed by atoms with Gasteiger partial charge in [-0.25, -0.2) is 0 Å². The average molecular weight is 598 g/mol. The fraction of sp³-hybridized carbons (Fsp3) is 0.684. The average Bonchev–Trinajstić information content (AvgIpc) is 3.01. The molecular formula is C38H63NO4. The van der Waals surface area contributed by atoms with E-state index in [9.17, 15) is 9.59 Å². The Balaban J connectivity index is 1.98. The van der Waals surface area contributed by atoms with Crippen molar-refractivity contribution in [1.82, 2.24) is 5.32 Å². The van der Waals surface area contributed by atoms with Crippen molar-refractivity contribution in [2.45, 2.75) is 149 Å². The largest absolute Gasteiger partial charge is 0.461 e. The SMILES string of the molecule is CCCCCC/C=C\COC(=O)CCCCCCCNCc1cccc(CCCCC(=O)OC/C=C\CCCCCC)c1. The Labute approximate surface area is 264 Å². The second-order valence-electron chi connectivity index (χ2n) is 11.7. The third kappa shape index (κ3) is 25.8. The Hall–Kier alpha value is -2.40. The lowest BCUT2D eigenvalue weighted by Gasteiger charge is -2.08. The zero-order chi connectivity index (χ0) is 31.1. The number of benzene rings is 1. The smallest absolute Gasteiger partial charge is 0.306 e. The van der Waals surface area contributed by atoms with Gasteiger partial charge in [-0.05, 0) is 75.5 Å². The van der Waals surface area contributed by atoms with E-state index >= 15 is 0 Å². The molecule has 5 heteroatoms. The predicted molar refractivity (Wildman–Crippen MR) is 181 cm³/mol. The van der Waals surface area contributed by atoms with Gasteiger partial charge < -0.3 is 14.8 Å². The Morgan fingerprint density at radius 1 is 0.628 bits per heavy atom. The highest BCUT2D eigenvalue weighted by atomic mass is 16.5. The molecule has 5 nitrogen and oxygen atoms in total. The summed E-state index contributed by atoms with van der Waals surface area (Å²) < 4.78 is 10.6. The van der Waals surface area contributed by atoms with Gasteiger partial charge in [0.05, 0.1) is 0 Å². The molecule has 0 fully saturated rings. The number of carbonyl (C=O) groups excluding carboxylic acids is 2. The minimum atomic E-state index is -0.0946. The Morgan fingerprint density at radius 2 is 1.16 bits per heavy atom. The monoisotopic (exact) mass is 597 g/mol. The van der Waals surface area contributed by atoms with Crippen molar-refractivity contribution >= 4 is 11.9 Å². The van der Waals surface area contributed by atoms with Gasteiger partial charge in [0, 0.05) is 19.4 Å². The third-order valence-electron chi connectivity index (χ3n) is 7.61. The lowest BCUT2D eigenvalue weighted by Crippen LogP contribution is -2.14. The van der Waals surface area contributed by atoms with Crippen LogP contribution in [0, 0.1) is 0 Å². The number of rotatable bonds is 29. The minimum absolute atomic E-state index is 0.0752. The highest BCUT2D eigenvalue weighted by Gasteiger charge is 2.03. The molecule has 0 aliphatic rings. The van der Waals surface area contributed by atoms with Crippen LogP contribution in [0.15, 0.2) is 48.6 Å². The summed E-state index contributed by atoms with van der Waals surface area (Å²) in [5, 5.41) is 3.56. The standard InChI is InChI=1S/C38H63NO4/c1-3-5-7-9-11-16-22-31-42-37(40)28-18-14-13-15-21-30-39-34-36-27-24-26-35(33-36)25-19-20-29-38(41)43-32-23-17-12-10-8-6-4-2/h16-17,22-24,26-27,33,39H,3-15,18-21,25,28-32,34H2,1-2H3/b22-16-,23-17-. The summed E-state index contributed by atoms with van der Waals surface area (Å²) in [6.07, 6.45) is 29.8. The van der Waals surface area contributed by atoms with E-state index in [4.69, 9.17) is 9.47 Å². The van der Waals surface area contributed by atoms with Crippen LogP contribution in [-0.2, 0) is 32.0 Å². The van der Waals surface area contributed by atoms with Crippen molar-refractivity contribution in [3.63, 3.8) is 0 Å². The highest BCUT2D eigenvalue weighted by molar-refractivity contribution is 5.69. The molecule has 0 amide bonds. The first kappa shape index (κ1) is 38.6. The van der Waals surface area contributed by atoms with Gasteiger partial charge in [-0.1, -0.05) is 120 Å². The van der Waals surface area contributed by atoms with Crippen LogP contribution in [0.1, 0.15) is 147 Å². The third-order valence-corrected chi connectivity index (χ3v) is 7.61. The van der Waals surface area contributed by atoms with Gasteiger partial charge in [0.25, 0.3) is 0 Å². The summed E-state index contributed by atoms with van der Waals surface area (Å²) in [4.78, 5) is 23.8. The van der Waals surface area contributed by atoms with Crippen molar-refractivity contribution in [3.05, 3.63) is 59.7 Å². The Kier molecular flexibility index (Phi) is 26.6. The van der Waals surface area contributed by atoms with Crippen LogP contribution in [0.25, 0.3) is 0 Å². The van der Waals surface area contributed by atoms with Crippen LogP contribution in [0.2, 0.25) is 0 Å². The van der Waals surface area contributed by atoms with E-state index in [1.165, 1.54) is 68.9 Å². The normalized spacial score (nSPS) is 11.5. The molecular weight excluding hydrogens is 534 g/mol. The van der Waals surface area contributed by atoms with Gasteiger partial charge in [0.2, 0.25) is 0 Å². The quantitative estimate of drug-likeness (QED) is 0.0565. The highest BCUT2D eigenvalue weighted by Crippen LogP contribution is 2.11. The molecule has 0 saturated heterocycles. The number of carbonyl (C=O) groups is 2. The maximum Gasteiger partial charge on any atom is 0.306 e. The number of allylic oxidation sites excluding steroid dienone is 2. The molecule has 0 aliphatic heterocycles. The second-order valence-corrected chi connectivity index (χ2v) is 11.7. The van der Waals surface area contributed by atoms with Crippen LogP contribution in [0.4, 0.5) is 0 Å². The summed E-state index contributed by atoms with van der Waals surface area (Å²) in [7, 11) is 0. The molecule has 0 atom stereocenters. The molecule has 1 N–H and O–H groups in total. The summed E-state index contributed by atoms with van der Waals surface area (Å²) in [6.45, 7) is 7.14. The van der Waals surface area contributed by atoms with Gasteiger partial charge in [-0.3, -0.25) is 9.59 Å². The first-order valence-electron chi connectivity index (χ1n) is 17.6. The Morgan fingerprint density at radius 3 is 1.79 bits per heavy atom. The van der Waals surface area contributed by atoms with E-state index in [-0.39, 0.29) is 11.9 Å². The van der Waals surface area contributed by atoms with Gasteiger partial charge in [0.15, 0.2) is 0 Å². The molecule has 0 heterocycles. The van der Waals surface area contributed by atoms with Crippen molar-refractivity contribution < 1.29 is 19.1 Å². The lowest BCUT2D eigenvalue weighted by atomic mass is 10.0. The number of aryl methyl sites for hydroxylation is 1. The minimum Gasteiger partial charge on any atom is -0.461 e. The maximum absolute atomic E-state index is 12.0. The van der Waals surface area contributed by atoms with E-state index in [1.54, 1.807) is 0 Å². The van der Waals surface area contributed by atoms with Crippen LogP contribution in [0.3, 0.4) is 0 Å². The molecule has 0 saturated carbocycles. The van der Waals surface area contributed by atoms with Crippen LogP contribution >= 0.6 is 0 Å². The van der Waals surface area contributed by atoms with Gasteiger partial charge in [-0.2, -0.15) is 0 Å². The number of esters is 2. The fourth-order valence-corrected chi connectivity index (χ4v) is 4.95. The van der Waals surface area contributed by atoms with Crippen molar-refractivity contribution in [3.8, 4) is 0 Å². The number of ether oxygens (including phenoxy) is 2. The predicted octanol–water partition coefficient (Wildman–Crippen LogP) is 9.97. The zero-order valence-electron chi connectivity index (χ0n) is 27.7. The molecule has 0 spiro atoms. The first-order valence-corrected chi connectivity index (χ1v) is 17.6. The molecule has 0 bridgehead atoms. The number of nitrogens with one attached hydrogen (secondary N) is 1. The molecule has 0 aliphatic carbocycles. The van der Waals surface area contributed by atoms with E-state index in [1.807, 2.05) is 12.2 Å². The van der Waals surface area contributed by atoms with Crippen LogP contribution in [-0.4, -0.2) is 31.7 Å². The van der Waals surface area contributed by atoms with E-state index < -0.39 is 0 Å². The van der Waals surface area contributed by atoms with Crippen molar-refractivity contribution in [2.24, 2.45) is 0 Å². The number of unbranched alkanes of at least 4 members (excludes halogenated alkanes) is 13. The van der Waals surface area contributed by atoms with E-state index in [0.29, 0.717) is 26.1 Å². The molecule has 1 aromatic carbocycles. The summed E-state index contributed by atoms with van der Waals surface area (Å²) in [5.74, 6) is -0.170. The summed E-state index contributed by atoms with van der Waals surface area (Å²) in [6, 6.07) is 8.76. The molecule has 244 valence electrons. The topological polar surface area (TPSA) is 64.6 Å². The lowest BCUT2D eigenvalue weighted by molar-refractivity contribution is -0.143. The molecule has 0 aromatic heterocycles. The molecule has 1 rings (SSSR count). The van der Waals surface area contributed by atoms with Crippen molar-refractivity contribution in [1.29, 1.82) is 0 Å². The molecule has 0 unspecified atom stereocenters. The summed E-state index contributed by atoms with van der Waals surface area (Å²) >= 11 is 0. The number of hydrogen-bond donors (Lipinski definition) is 1. The molecule has 43 heavy (non-hydrogen) atoms. The molecule has 0 radical (unpaired) electrons. The van der Waals surface area contributed by atoms with Crippen LogP contribution in [0.5, 0.6) is 0 Å².